The standard InChI is InChI=1S/C11H13N5O/c1-16-10(13-14-15-16)7-11(17)12-8-9-5-3-2-4-6-9/h2-6H,7-8H2,1H3,(H,12,17). The Morgan fingerprint density at radius 2 is 2.12 bits per heavy atom. The van der Waals surface area contributed by atoms with Crippen LogP contribution in [0, 0.1) is 0 Å². The predicted octanol–water partition coefficient (Wildman–Crippen LogP) is 0.0690. The molecular weight excluding hydrogens is 218 g/mol. The molecule has 1 amide bonds. The molecular formula is C11H13N5O. The Bertz CT molecular complexity index is 494. The predicted molar refractivity (Wildman–Crippen MR) is 60.8 cm³/mol. The maximum atomic E-state index is 11.6. The van der Waals surface area contributed by atoms with Crippen LogP contribution < -0.4 is 5.32 Å². The highest BCUT2D eigenvalue weighted by molar-refractivity contribution is 5.77. The van der Waals surface area contributed by atoms with Crippen molar-refractivity contribution >= 4 is 5.91 Å². The van der Waals surface area contributed by atoms with Crippen LogP contribution in [0.2, 0.25) is 0 Å². The van der Waals surface area contributed by atoms with Gasteiger partial charge in [-0.25, -0.2) is 4.68 Å². The number of aryl methyl sites for hydroxylation is 1. The zero-order chi connectivity index (χ0) is 12.1. The maximum Gasteiger partial charge on any atom is 0.227 e. The average molecular weight is 231 g/mol. The van der Waals surface area contributed by atoms with Crippen molar-refractivity contribution in [3.63, 3.8) is 0 Å². The van der Waals surface area contributed by atoms with Gasteiger partial charge in [-0.15, -0.1) is 5.10 Å². The van der Waals surface area contributed by atoms with Crippen LogP contribution >= 0.6 is 0 Å². The largest absolute Gasteiger partial charge is 0.352 e. The van der Waals surface area contributed by atoms with Crippen molar-refractivity contribution < 1.29 is 4.79 Å². The fraction of sp³-hybridized carbons (Fsp3) is 0.273. The van der Waals surface area contributed by atoms with Crippen molar-refractivity contribution in [2.24, 2.45) is 7.05 Å². The first kappa shape index (κ1) is 11.3. The second-order valence-electron chi connectivity index (χ2n) is 3.66. The smallest absolute Gasteiger partial charge is 0.227 e. The Morgan fingerprint density at radius 1 is 1.35 bits per heavy atom. The van der Waals surface area contributed by atoms with Gasteiger partial charge in [0.2, 0.25) is 5.91 Å². The third kappa shape index (κ3) is 3.10. The molecule has 0 atom stereocenters. The summed E-state index contributed by atoms with van der Waals surface area (Å²) in [6.07, 6.45) is 0.191. The van der Waals surface area contributed by atoms with Gasteiger partial charge in [-0.3, -0.25) is 4.79 Å². The zero-order valence-electron chi connectivity index (χ0n) is 9.50. The third-order valence-electron chi connectivity index (χ3n) is 2.36. The van der Waals surface area contributed by atoms with Gasteiger partial charge < -0.3 is 5.32 Å². The van der Waals surface area contributed by atoms with E-state index in [1.165, 1.54) is 4.68 Å². The molecule has 2 rings (SSSR count). The van der Waals surface area contributed by atoms with Crippen LogP contribution in [0.3, 0.4) is 0 Å². The van der Waals surface area contributed by atoms with Crippen LogP contribution in [0.25, 0.3) is 0 Å². The number of amides is 1. The number of carbonyl (C=O) groups excluding carboxylic acids is 1. The van der Waals surface area contributed by atoms with Crippen LogP contribution in [-0.2, 0) is 24.8 Å². The van der Waals surface area contributed by atoms with Gasteiger partial charge >= 0.3 is 0 Å². The molecule has 0 saturated heterocycles. The van der Waals surface area contributed by atoms with Crippen LogP contribution in [-0.4, -0.2) is 26.1 Å². The van der Waals surface area contributed by atoms with E-state index in [9.17, 15) is 4.79 Å². The normalized spacial score (nSPS) is 10.2. The fourth-order valence-corrected chi connectivity index (χ4v) is 1.40. The highest BCUT2D eigenvalue weighted by atomic mass is 16.1. The highest BCUT2D eigenvalue weighted by Gasteiger charge is 2.08. The lowest BCUT2D eigenvalue weighted by atomic mass is 10.2. The monoisotopic (exact) mass is 231 g/mol. The molecule has 0 aliphatic carbocycles. The molecule has 0 saturated carbocycles. The average Bonchev–Trinajstić information content (AvgIpc) is 2.74. The molecule has 0 bridgehead atoms. The van der Waals surface area contributed by atoms with Gasteiger partial charge in [0.25, 0.3) is 0 Å². The zero-order valence-corrected chi connectivity index (χ0v) is 9.50. The summed E-state index contributed by atoms with van der Waals surface area (Å²) in [4.78, 5) is 11.6. The Kier molecular flexibility index (Phi) is 3.44. The molecule has 0 fully saturated rings. The first-order valence-electron chi connectivity index (χ1n) is 5.27. The first-order chi connectivity index (χ1) is 8.25. The fourth-order valence-electron chi connectivity index (χ4n) is 1.40. The van der Waals surface area contributed by atoms with Crippen LogP contribution in [0.4, 0.5) is 0 Å². The van der Waals surface area contributed by atoms with Crippen molar-refractivity contribution in [1.82, 2.24) is 25.5 Å². The summed E-state index contributed by atoms with van der Waals surface area (Å²) in [6, 6.07) is 9.74. The minimum absolute atomic E-state index is 0.0910. The summed E-state index contributed by atoms with van der Waals surface area (Å²) in [6.45, 7) is 0.519. The topological polar surface area (TPSA) is 72.7 Å². The minimum atomic E-state index is -0.0910. The Morgan fingerprint density at radius 3 is 2.76 bits per heavy atom. The maximum absolute atomic E-state index is 11.6. The Balaban J connectivity index is 1.85. The van der Waals surface area contributed by atoms with Crippen LogP contribution in [0.15, 0.2) is 30.3 Å². The van der Waals surface area contributed by atoms with Gasteiger partial charge in [0.05, 0.1) is 6.42 Å². The summed E-state index contributed by atoms with van der Waals surface area (Å²) in [5, 5.41) is 13.7. The molecule has 0 aliphatic rings. The number of aromatic nitrogens is 4. The molecule has 1 heterocycles. The summed E-state index contributed by atoms with van der Waals surface area (Å²) in [5.41, 5.74) is 1.07. The second kappa shape index (κ2) is 5.20. The van der Waals surface area contributed by atoms with E-state index in [1.807, 2.05) is 30.3 Å². The minimum Gasteiger partial charge on any atom is -0.352 e. The molecule has 0 radical (unpaired) electrons. The van der Waals surface area contributed by atoms with Gasteiger partial charge in [-0.1, -0.05) is 30.3 Å². The van der Waals surface area contributed by atoms with Crippen LogP contribution in [0.5, 0.6) is 0 Å². The highest BCUT2D eigenvalue weighted by Crippen LogP contribution is 1.98. The Labute approximate surface area is 98.6 Å². The molecule has 6 nitrogen and oxygen atoms in total. The lowest BCUT2D eigenvalue weighted by Gasteiger charge is -2.04. The van der Waals surface area contributed by atoms with E-state index in [0.29, 0.717) is 12.4 Å². The molecule has 6 heteroatoms. The van der Waals surface area contributed by atoms with E-state index in [2.05, 4.69) is 20.8 Å². The van der Waals surface area contributed by atoms with Crippen molar-refractivity contribution in [3.8, 4) is 0 Å². The van der Waals surface area contributed by atoms with Crippen molar-refractivity contribution in [2.45, 2.75) is 13.0 Å². The van der Waals surface area contributed by atoms with Gasteiger partial charge in [0, 0.05) is 13.6 Å². The van der Waals surface area contributed by atoms with E-state index in [0.717, 1.165) is 5.56 Å². The van der Waals surface area contributed by atoms with Gasteiger partial charge in [-0.2, -0.15) is 0 Å². The Hall–Kier alpha value is -2.24. The number of tetrazole rings is 1. The summed E-state index contributed by atoms with van der Waals surface area (Å²) < 4.78 is 1.49. The van der Waals surface area contributed by atoms with Gasteiger partial charge in [-0.05, 0) is 16.0 Å². The number of rotatable bonds is 4. The van der Waals surface area contributed by atoms with Crippen molar-refractivity contribution in [2.75, 3.05) is 0 Å². The summed E-state index contributed by atoms with van der Waals surface area (Å²) >= 11 is 0. The van der Waals surface area contributed by atoms with Gasteiger partial charge in [0.15, 0.2) is 5.82 Å². The molecule has 1 aromatic heterocycles. The molecule has 0 aliphatic heterocycles. The molecule has 2 aromatic rings. The van der Waals surface area contributed by atoms with E-state index in [-0.39, 0.29) is 12.3 Å². The van der Waals surface area contributed by atoms with E-state index >= 15 is 0 Å². The molecule has 0 unspecified atom stereocenters. The number of nitrogens with one attached hydrogen (secondary N) is 1. The quantitative estimate of drug-likeness (QED) is 0.808. The van der Waals surface area contributed by atoms with E-state index < -0.39 is 0 Å². The van der Waals surface area contributed by atoms with E-state index in [4.69, 9.17) is 0 Å². The lowest BCUT2D eigenvalue weighted by molar-refractivity contribution is -0.120. The molecule has 17 heavy (non-hydrogen) atoms. The SMILES string of the molecule is Cn1nnnc1CC(=O)NCc1ccccc1. The number of carbonyl (C=O) groups is 1. The molecule has 1 N–H and O–H groups in total. The van der Waals surface area contributed by atoms with Crippen molar-refractivity contribution in [3.05, 3.63) is 41.7 Å². The first-order valence-corrected chi connectivity index (χ1v) is 5.27. The molecule has 1 aromatic carbocycles. The number of hydrogen-bond acceptors (Lipinski definition) is 4. The van der Waals surface area contributed by atoms with Crippen LogP contribution in [0.1, 0.15) is 11.4 Å². The molecule has 88 valence electrons. The summed E-state index contributed by atoms with van der Waals surface area (Å²) in [5.74, 6) is 0.460. The number of benzene rings is 1. The lowest BCUT2D eigenvalue weighted by Crippen LogP contribution is -2.25. The van der Waals surface area contributed by atoms with E-state index in [1.54, 1.807) is 7.05 Å². The van der Waals surface area contributed by atoms with Gasteiger partial charge in [0.1, 0.15) is 0 Å². The number of hydrogen-bond donors (Lipinski definition) is 1. The molecule has 0 spiro atoms. The summed E-state index contributed by atoms with van der Waals surface area (Å²) in [7, 11) is 1.71. The third-order valence-corrected chi connectivity index (χ3v) is 2.36. The second-order valence-corrected chi connectivity index (χ2v) is 3.66. The number of nitrogens with zero attached hydrogens (tertiary/aromatic N) is 4. The van der Waals surface area contributed by atoms with Crippen molar-refractivity contribution in [1.29, 1.82) is 0 Å².